The second kappa shape index (κ2) is 3.65. The standard InChI is InChI=1S/C11H11ClN2S/c12-5-9-10(7-1-2-7)13-14-11(9)8-3-4-15-6-8/h3-4,6-7H,1-2,5H2,(H,13,14). The number of aromatic nitrogens is 2. The van der Waals surface area contributed by atoms with Gasteiger partial charge in [-0.15, -0.1) is 11.6 Å². The van der Waals surface area contributed by atoms with Gasteiger partial charge in [-0.2, -0.15) is 16.4 Å². The molecule has 1 N–H and O–H groups in total. The van der Waals surface area contributed by atoms with Crippen molar-refractivity contribution in [1.82, 2.24) is 10.2 Å². The molecule has 2 nitrogen and oxygen atoms in total. The number of aromatic amines is 1. The Labute approximate surface area is 97.3 Å². The molecule has 0 atom stereocenters. The Hall–Kier alpha value is -0.800. The van der Waals surface area contributed by atoms with Gasteiger partial charge in [0, 0.05) is 28.1 Å². The Morgan fingerprint density at radius 1 is 1.53 bits per heavy atom. The van der Waals surface area contributed by atoms with Gasteiger partial charge in [-0.25, -0.2) is 0 Å². The van der Waals surface area contributed by atoms with Crippen molar-refractivity contribution < 1.29 is 0 Å². The molecule has 1 aliphatic rings. The zero-order chi connectivity index (χ0) is 10.3. The Kier molecular flexibility index (Phi) is 2.29. The first kappa shape index (κ1) is 9.43. The van der Waals surface area contributed by atoms with E-state index in [0.717, 1.165) is 5.69 Å². The molecule has 15 heavy (non-hydrogen) atoms. The van der Waals surface area contributed by atoms with Crippen LogP contribution in [0.15, 0.2) is 16.8 Å². The largest absolute Gasteiger partial charge is 0.281 e. The van der Waals surface area contributed by atoms with Crippen LogP contribution < -0.4 is 0 Å². The first-order valence-corrected chi connectivity index (χ1v) is 6.53. The van der Waals surface area contributed by atoms with Crippen LogP contribution in [0.3, 0.4) is 0 Å². The first-order valence-electron chi connectivity index (χ1n) is 5.06. The maximum absolute atomic E-state index is 6.01. The molecule has 0 radical (unpaired) electrons. The van der Waals surface area contributed by atoms with E-state index in [0.29, 0.717) is 11.8 Å². The number of hydrogen-bond donors (Lipinski definition) is 1. The van der Waals surface area contributed by atoms with Crippen LogP contribution in [-0.2, 0) is 5.88 Å². The summed E-state index contributed by atoms with van der Waals surface area (Å²) < 4.78 is 0. The van der Waals surface area contributed by atoms with E-state index in [-0.39, 0.29) is 0 Å². The van der Waals surface area contributed by atoms with Crippen molar-refractivity contribution >= 4 is 22.9 Å². The molecule has 0 bridgehead atoms. The summed E-state index contributed by atoms with van der Waals surface area (Å²) in [5, 5.41) is 11.7. The number of alkyl halides is 1. The quantitative estimate of drug-likeness (QED) is 0.811. The first-order chi connectivity index (χ1) is 7.40. The summed E-state index contributed by atoms with van der Waals surface area (Å²) in [7, 11) is 0. The van der Waals surface area contributed by atoms with E-state index in [9.17, 15) is 0 Å². The maximum Gasteiger partial charge on any atom is 0.0976 e. The van der Waals surface area contributed by atoms with E-state index in [1.54, 1.807) is 11.3 Å². The number of H-pyrrole nitrogens is 1. The number of rotatable bonds is 3. The summed E-state index contributed by atoms with van der Waals surface area (Å²) in [6.07, 6.45) is 2.55. The predicted octanol–water partition coefficient (Wildman–Crippen LogP) is 3.75. The third kappa shape index (κ3) is 1.60. The van der Waals surface area contributed by atoms with Crippen LogP contribution in [0.25, 0.3) is 11.3 Å². The Balaban J connectivity index is 2.07. The van der Waals surface area contributed by atoms with Crippen LogP contribution in [0.4, 0.5) is 0 Å². The molecule has 0 aromatic carbocycles. The number of hydrogen-bond acceptors (Lipinski definition) is 2. The molecule has 1 aliphatic carbocycles. The van der Waals surface area contributed by atoms with Crippen molar-refractivity contribution in [1.29, 1.82) is 0 Å². The van der Waals surface area contributed by atoms with Crippen LogP contribution in [0.2, 0.25) is 0 Å². The van der Waals surface area contributed by atoms with Crippen LogP contribution in [-0.4, -0.2) is 10.2 Å². The minimum absolute atomic E-state index is 0.549. The second-order valence-corrected chi connectivity index (χ2v) is 4.93. The number of nitrogens with zero attached hydrogens (tertiary/aromatic N) is 1. The van der Waals surface area contributed by atoms with Crippen LogP contribution in [0, 0.1) is 0 Å². The molecular weight excluding hydrogens is 228 g/mol. The molecule has 3 rings (SSSR count). The van der Waals surface area contributed by atoms with Crippen molar-refractivity contribution in [2.24, 2.45) is 0 Å². The van der Waals surface area contributed by atoms with Gasteiger partial charge in [0.2, 0.25) is 0 Å². The molecule has 1 fully saturated rings. The lowest BCUT2D eigenvalue weighted by Gasteiger charge is -1.98. The van der Waals surface area contributed by atoms with E-state index < -0.39 is 0 Å². The molecule has 0 saturated heterocycles. The molecular formula is C11H11ClN2S. The lowest BCUT2D eigenvalue weighted by atomic mass is 10.1. The number of thiophene rings is 1. The van der Waals surface area contributed by atoms with Crippen molar-refractivity contribution in [2.45, 2.75) is 24.6 Å². The van der Waals surface area contributed by atoms with Gasteiger partial charge in [0.25, 0.3) is 0 Å². The van der Waals surface area contributed by atoms with Crippen molar-refractivity contribution in [3.8, 4) is 11.3 Å². The summed E-state index contributed by atoms with van der Waals surface area (Å²) in [6.45, 7) is 0. The fourth-order valence-corrected chi connectivity index (χ4v) is 2.77. The maximum atomic E-state index is 6.01. The molecule has 4 heteroatoms. The van der Waals surface area contributed by atoms with Gasteiger partial charge in [-0.05, 0) is 24.3 Å². The third-order valence-electron chi connectivity index (χ3n) is 2.81. The molecule has 78 valence electrons. The minimum atomic E-state index is 0.549. The molecule has 0 spiro atoms. The van der Waals surface area contributed by atoms with Gasteiger partial charge in [0.05, 0.1) is 11.6 Å². The number of halogens is 1. The molecule has 2 heterocycles. The van der Waals surface area contributed by atoms with Crippen LogP contribution in [0.5, 0.6) is 0 Å². The van der Waals surface area contributed by atoms with Gasteiger partial charge in [0.15, 0.2) is 0 Å². The predicted molar refractivity (Wildman–Crippen MR) is 63.4 cm³/mol. The van der Waals surface area contributed by atoms with E-state index in [1.807, 2.05) is 0 Å². The molecule has 0 unspecified atom stereocenters. The Morgan fingerprint density at radius 2 is 2.40 bits per heavy atom. The average molecular weight is 239 g/mol. The lowest BCUT2D eigenvalue weighted by molar-refractivity contribution is 0.958. The third-order valence-corrected chi connectivity index (χ3v) is 3.76. The highest BCUT2D eigenvalue weighted by Gasteiger charge is 2.29. The monoisotopic (exact) mass is 238 g/mol. The molecule has 0 amide bonds. The van der Waals surface area contributed by atoms with Crippen molar-refractivity contribution in [2.75, 3.05) is 0 Å². The van der Waals surface area contributed by atoms with Gasteiger partial charge < -0.3 is 0 Å². The highest BCUT2D eigenvalue weighted by atomic mass is 35.5. The summed E-state index contributed by atoms with van der Waals surface area (Å²) in [4.78, 5) is 0. The van der Waals surface area contributed by atoms with Gasteiger partial charge >= 0.3 is 0 Å². The van der Waals surface area contributed by atoms with Gasteiger partial charge in [0.1, 0.15) is 0 Å². The lowest BCUT2D eigenvalue weighted by Crippen LogP contribution is -1.86. The van der Waals surface area contributed by atoms with Crippen LogP contribution >= 0.6 is 22.9 Å². The minimum Gasteiger partial charge on any atom is -0.281 e. The Bertz CT molecular complexity index is 457. The van der Waals surface area contributed by atoms with Crippen molar-refractivity contribution in [3.63, 3.8) is 0 Å². The highest BCUT2D eigenvalue weighted by Crippen LogP contribution is 2.43. The summed E-state index contributed by atoms with van der Waals surface area (Å²) in [6, 6.07) is 2.09. The topological polar surface area (TPSA) is 28.7 Å². The van der Waals surface area contributed by atoms with Gasteiger partial charge in [-0.1, -0.05) is 0 Å². The van der Waals surface area contributed by atoms with E-state index in [4.69, 9.17) is 11.6 Å². The molecule has 0 aliphatic heterocycles. The molecule has 2 aromatic rings. The summed E-state index contributed by atoms with van der Waals surface area (Å²) >= 11 is 7.70. The summed E-state index contributed by atoms with van der Waals surface area (Å²) in [5.74, 6) is 1.23. The average Bonchev–Trinajstić information content (AvgIpc) is 2.83. The van der Waals surface area contributed by atoms with E-state index in [2.05, 4.69) is 27.0 Å². The zero-order valence-corrected chi connectivity index (χ0v) is 9.74. The van der Waals surface area contributed by atoms with E-state index >= 15 is 0 Å². The molecule has 1 saturated carbocycles. The van der Waals surface area contributed by atoms with Crippen LogP contribution in [0.1, 0.15) is 30.0 Å². The second-order valence-electron chi connectivity index (χ2n) is 3.88. The fourth-order valence-electron chi connectivity index (χ4n) is 1.86. The number of nitrogens with one attached hydrogen (secondary N) is 1. The smallest absolute Gasteiger partial charge is 0.0976 e. The SMILES string of the molecule is ClCc1c(-c2ccsc2)n[nH]c1C1CC1. The normalized spacial score (nSPS) is 15.8. The highest BCUT2D eigenvalue weighted by molar-refractivity contribution is 7.08. The molecule has 2 aromatic heterocycles. The zero-order valence-electron chi connectivity index (χ0n) is 8.16. The summed E-state index contributed by atoms with van der Waals surface area (Å²) in [5.41, 5.74) is 4.66. The van der Waals surface area contributed by atoms with Gasteiger partial charge in [-0.3, -0.25) is 5.10 Å². The Morgan fingerprint density at radius 3 is 3.00 bits per heavy atom. The van der Waals surface area contributed by atoms with E-state index in [1.165, 1.54) is 29.7 Å². The fraction of sp³-hybridized carbons (Fsp3) is 0.364. The van der Waals surface area contributed by atoms with Crippen molar-refractivity contribution in [3.05, 3.63) is 28.1 Å².